The van der Waals surface area contributed by atoms with Gasteiger partial charge in [-0.05, 0) is 112 Å². The van der Waals surface area contributed by atoms with E-state index >= 15 is 0 Å². The summed E-state index contributed by atoms with van der Waals surface area (Å²) >= 11 is 0. The fraction of sp³-hybridized carbons (Fsp3) is 0.529. The summed E-state index contributed by atoms with van der Waals surface area (Å²) in [5.74, 6) is 2.92. The number of benzene rings is 2. The number of nitrogens with one attached hydrogen (secondary N) is 1. The molecule has 4 bridgehead atoms. The molecule has 1 aromatic heterocycles. The van der Waals surface area contributed by atoms with Crippen molar-refractivity contribution in [3.63, 3.8) is 0 Å². The number of likely N-dealkylation sites (N-methyl/N-ethyl adjacent to an activating group) is 2. The van der Waals surface area contributed by atoms with Crippen LogP contribution in [0.25, 0.3) is 0 Å². The molecule has 2 saturated heterocycles. The maximum Gasteiger partial charge on any atom is 0.166 e. The fourth-order valence-electron chi connectivity index (χ4n) is 11.8. The zero-order chi connectivity index (χ0) is 27.2. The number of nitrogens with zero attached hydrogens (tertiary/aromatic N) is 2. The molecule has 0 amide bonds. The highest BCUT2D eigenvalue weighted by molar-refractivity contribution is 5.66. The van der Waals surface area contributed by atoms with Crippen LogP contribution >= 0.6 is 0 Å². The summed E-state index contributed by atoms with van der Waals surface area (Å²) in [6.07, 6.45) is 5.98. The first-order valence-electron chi connectivity index (χ1n) is 15.6. The van der Waals surface area contributed by atoms with Gasteiger partial charge in [-0.3, -0.25) is 0 Å². The first-order chi connectivity index (χ1) is 19.9. The number of aromatic amines is 1. The molecule has 4 aliphatic carbocycles. The molecular formula is C34H35N3O4. The molecule has 8 atom stereocenters. The van der Waals surface area contributed by atoms with E-state index in [2.05, 4.69) is 41.0 Å². The molecule has 0 unspecified atom stereocenters. The van der Waals surface area contributed by atoms with Gasteiger partial charge in [0.05, 0.1) is 11.4 Å². The van der Waals surface area contributed by atoms with Crippen LogP contribution in [0, 0.1) is 11.8 Å². The Hall–Kier alpha value is -3.16. The molecule has 2 spiro atoms. The second-order valence-corrected chi connectivity index (χ2v) is 14.5. The first kappa shape index (κ1) is 22.4. The molecule has 5 heterocycles. The highest BCUT2D eigenvalue weighted by Gasteiger charge is 2.68. The Kier molecular flexibility index (Phi) is 3.68. The summed E-state index contributed by atoms with van der Waals surface area (Å²) in [4.78, 5) is 9.18. The summed E-state index contributed by atoms with van der Waals surface area (Å²) in [5, 5.41) is 22.0. The van der Waals surface area contributed by atoms with E-state index in [0.717, 1.165) is 63.1 Å². The Labute approximate surface area is 239 Å². The van der Waals surface area contributed by atoms with Crippen molar-refractivity contribution in [1.29, 1.82) is 0 Å². The summed E-state index contributed by atoms with van der Waals surface area (Å²) in [5.41, 5.74) is 10.4. The van der Waals surface area contributed by atoms with Crippen molar-refractivity contribution >= 4 is 0 Å². The van der Waals surface area contributed by atoms with Gasteiger partial charge in [0, 0.05) is 34.0 Å². The standard InChI is InChI=1S/C34H35N3O4/c1-36-9-7-33-19-13-17-18-14-20-22-12-16-4-6-24(39)30-26(16)34(20,8-10-37(22)2)32(41-30)28(18)35-27(17)31(33)40-29-23(38)5-3-15(25(29)33)11-21(19)36/h3-6,19-22,31-32,35,38-39H,7-14H2,1-2H3/t19-,20-,21+,22+,31-,32-,33-,34-/m0/s1. The van der Waals surface area contributed by atoms with Crippen LogP contribution in [0.1, 0.15) is 69.8 Å². The van der Waals surface area contributed by atoms with Gasteiger partial charge < -0.3 is 34.5 Å². The predicted octanol–water partition coefficient (Wildman–Crippen LogP) is 4.03. The maximum absolute atomic E-state index is 11.0. The van der Waals surface area contributed by atoms with E-state index in [1.807, 2.05) is 12.1 Å². The van der Waals surface area contributed by atoms with Crippen LogP contribution < -0.4 is 9.47 Å². The lowest BCUT2D eigenvalue weighted by molar-refractivity contribution is -0.0266. The van der Waals surface area contributed by atoms with Crippen LogP contribution in [0.15, 0.2) is 24.3 Å². The maximum atomic E-state index is 11.0. The number of fused-ring (bicyclic) bond motifs is 5. The molecule has 7 heteroatoms. The normalized spacial score (nSPS) is 39.8. The van der Waals surface area contributed by atoms with Crippen molar-refractivity contribution in [2.75, 3.05) is 27.2 Å². The third kappa shape index (κ3) is 2.19. The summed E-state index contributed by atoms with van der Waals surface area (Å²) in [7, 11) is 4.60. The van der Waals surface area contributed by atoms with E-state index in [0.29, 0.717) is 23.9 Å². The minimum atomic E-state index is -0.116. The average molecular weight is 550 g/mol. The van der Waals surface area contributed by atoms with E-state index in [1.165, 1.54) is 44.8 Å². The number of hydrogen-bond acceptors (Lipinski definition) is 6. The third-order valence-corrected chi connectivity index (χ3v) is 13.4. The second kappa shape index (κ2) is 6.73. The smallest absolute Gasteiger partial charge is 0.166 e. The van der Waals surface area contributed by atoms with Gasteiger partial charge in [0.2, 0.25) is 0 Å². The van der Waals surface area contributed by atoms with E-state index in [1.54, 1.807) is 0 Å². The molecule has 3 aromatic rings. The van der Waals surface area contributed by atoms with Crippen molar-refractivity contribution in [3.05, 3.63) is 69.0 Å². The third-order valence-electron chi connectivity index (χ3n) is 13.4. The van der Waals surface area contributed by atoms with E-state index in [-0.39, 0.29) is 34.5 Å². The molecule has 210 valence electrons. The molecule has 2 aromatic carbocycles. The van der Waals surface area contributed by atoms with E-state index in [9.17, 15) is 10.2 Å². The van der Waals surface area contributed by atoms with Gasteiger partial charge in [0.25, 0.3) is 0 Å². The minimum absolute atomic E-state index is 0.106. The topological polar surface area (TPSA) is 81.2 Å². The molecule has 0 saturated carbocycles. The van der Waals surface area contributed by atoms with E-state index in [4.69, 9.17) is 9.47 Å². The predicted molar refractivity (Wildman–Crippen MR) is 151 cm³/mol. The molecule has 41 heavy (non-hydrogen) atoms. The lowest BCUT2D eigenvalue weighted by atomic mass is 9.50. The number of likely N-dealkylation sites (tertiary alicyclic amines) is 2. The summed E-state index contributed by atoms with van der Waals surface area (Å²) in [6, 6.07) is 8.91. The Morgan fingerprint density at radius 3 is 1.63 bits per heavy atom. The van der Waals surface area contributed by atoms with Crippen molar-refractivity contribution in [3.8, 4) is 23.0 Å². The largest absolute Gasteiger partial charge is 0.504 e. The van der Waals surface area contributed by atoms with Crippen LogP contribution in [0.3, 0.4) is 0 Å². The average Bonchev–Trinajstić information content (AvgIpc) is 3.62. The van der Waals surface area contributed by atoms with Crippen LogP contribution in [0.2, 0.25) is 0 Å². The van der Waals surface area contributed by atoms with Crippen molar-refractivity contribution in [1.82, 2.24) is 14.8 Å². The van der Waals surface area contributed by atoms with Crippen molar-refractivity contribution in [2.24, 2.45) is 11.8 Å². The second-order valence-electron chi connectivity index (χ2n) is 14.5. The van der Waals surface area contributed by atoms with Gasteiger partial charge in [-0.1, -0.05) is 12.1 Å². The molecule has 2 fully saturated rings. The van der Waals surface area contributed by atoms with Crippen molar-refractivity contribution in [2.45, 2.75) is 73.6 Å². The molecule has 11 rings (SSSR count). The van der Waals surface area contributed by atoms with Crippen LogP contribution in [0.4, 0.5) is 0 Å². The fourth-order valence-corrected chi connectivity index (χ4v) is 11.8. The number of aromatic nitrogens is 1. The molecule has 4 aliphatic heterocycles. The number of aromatic hydroxyl groups is 2. The number of H-pyrrole nitrogens is 1. The van der Waals surface area contributed by atoms with Gasteiger partial charge in [-0.15, -0.1) is 0 Å². The SMILES string of the molecule is CN1CC[C@]23c4c5ccc(O)c4O[C@H]2c2[nH]c4c(c2C[C@H]3[C@H]1C5)C[C@H]1[C@H]2Cc3ccc(O)c5c3[C@@]1(CCN2C)[C@H]4O5. The van der Waals surface area contributed by atoms with Crippen molar-refractivity contribution < 1.29 is 19.7 Å². The lowest BCUT2D eigenvalue weighted by Crippen LogP contribution is -2.62. The number of ether oxygens (including phenoxy) is 2. The van der Waals surface area contributed by atoms with E-state index < -0.39 is 0 Å². The Morgan fingerprint density at radius 1 is 0.707 bits per heavy atom. The van der Waals surface area contributed by atoms with Gasteiger partial charge in [-0.25, -0.2) is 0 Å². The molecule has 0 radical (unpaired) electrons. The number of phenolic OH excluding ortho intramolecular Hbond substituents is 2. The monoisotopic (exact) mass is 549 g/mol. The Balaban J connectivity index is 1.15. The quantitative estimate of drug-likeness (QED) is 0.393. The highest BCUT2D eigenvalue weighted by atomic mass is 16.5. The van der Waals surface area contributed by atoms with Crippen LogP contribution in [0.5, 0.6) is 23.0 Å². The molecular weight excluding hydrogens is 514 g/mol. The summed E-state index contributed by atoms with van der Waals surface area (Å²) < 4.78 is 13.8. The molecule has 8 aliphatic rings. The zero-order valence-electron chi connectivity index (χ0n) is 23.5. The van der Waals surface area contributed by atoms with Gasteiger partial charge in [-0.2, -0.15) is 0 Å². The number of piperidine rings is 2. The van der Waals surface area contributed by atoms with Gasteiger partial charge in [0.1, 0.15) is 12.2 Å². The van der Waals surface area contributed by atoms with Gasteiger partial charge >= 0.3 is 0 Å². The molecule has 3 N–H and O–H groups in total. The number of hydrogen-bond donors (Lipinski definition) is 3. The number of rotatable bonds is 0. The summed E-state index contributed by atoms with van der Waals surface area (Å²) in [6.45, 7) is 2.10. The number of phenols is 2. The minimum Gasteiger partial charge on any atom is -0.504 e. The lowest BCUT2D eigenvalue weighted by Gasteiger charge is -2.58. The Bertz CT molecular complexity index is 1620. The van der Waals surface area contributed by atoms with Crippen LogP contribution in [-0.4, -0.2) is 64.3 Å². The first-order valence-corrected chi connectivity index (χ1v) is 15.6. The Morgan fingerprint density at radius 2 is 1.17 bits per heavy atom. The van der Waals surface area contributed by atoms with Gasteiger partial charge in [0.15, 0.2) is 23.0 Å². The zero-order valence-corrected chi connectivity index (χ0v) is 23.5. The highest BCUT2D eigenvalue weighted by Crippen LogP contribution is 2.71. The van der Waals surface area contributed by atoms with Crippen LogP contribution in [-0.2, 0) is 36.5 Å². The molecule has 7 nitrogen and oxygen atoms in total.